The number of nitrogens with zero attached hydrogens (tertiary/aromatic N) is 6. The van der Waals surface area contributed by atoms with Crippen LogP contribution in [0, 0.1) is 5.92 Å². The molecule has 0 bridgehead atoms. The number of amides is 1. The zero-order valence-corrected chi connectivity index (χ0v) is 16.9. The van der Waals surface area contributed by atoms with Crippen LogP contribution in [0.3, 0.4) is 0 Å². The highest BCUT2D eigenvalue weighted by Gasteiger charge is 2.67. The summed E-state index contributed by atoms with van der Waals surface area (Å²) in [5.41, 5.74) is 4.84. The number of hydrogen-bond donors (Lipinski definition) is 3. The zero-order valence-electron chi connectivity index (χ0n) is 16.9. The van der Waals surface area contributed by atoms with Gasteiger partial charge in [-0.25, -0.2) is 14.9 Å². The molecule has 1 saturated heterocycles. The Morgan fingerprint density at radius 1 is 1.41 bits per heavy atom. The lowest BCUT2D eigenvalue weighted by atomic mass is 9.88. The van der Waals surface area contributed by atoms with E-state index in [0.29, 0.717) is 22.0 Å². The molecule has 2 unspecified atom stereocenters. The van der Waals surface area contributed by atoms with E-state index in [1.54, 1.807) is 30.6 Å². The van der Waals surface area contributed by atoms with Gasteiger partial charge in [0.05, 0.1) is 43.6 Å². The first-order chi connectivity index (χ1) is 14.1. The molecule has 3 aliphatic heterocycles. The maximum absolute atomic E-state index is 12.1. The fraction of sp³-hybridized carbons (Fsp3) is 0.579. The largest absolute Gasteiger partial charge is 0.355 e. The highest BCUT2D eigenvalue weighted by Crippen LogP contribution is 2.45. The van der Waals surface area contributed by atoms with E-state index >= 15 is 0 Å². The minimum Gasteiger partial charge on any atom is -0.355 e. The molecule has 3 atom stereocenters. The third-order valence-corrected chi connectivity index (χ3v) is 7.03. The average molecular weight is 398 g/mol. The lowest BCUT2D eigenvalue weighted by Crippen LogP contribution is -2.84. The minimum atomic E-state index is -0.624. The topological polar surface area (TPSA) is 98.9 Å². The number of likely N-dealkylation sites (N-methyl/N-ethyl adjacent to an activating group) is 1. The van der Waals surface area contributed by atoms with Gasteiger partial charge in [0.2, 0.25) is 6.34 Å². The number of nitrogens with one attached hydrogen (secondary N) is 3. The van der Waals surface area contributed by atoms with Crippen LogP contribution in [0.15, 0.2) is 34.4 Å². The quantitative estimate of drug-likeness (QED) is 0.632. The van der Waals surface area contributed by atoms with Crippen molar-refractivity contribution in [3.63, 3.8) is 0 Å². The third kappa shape index (κ3) is 2.38. The molecule has 1 spiro atoms. The minimum absolute atomic E-state index is 0.148. The molecule has 1 aromatic rings. The van der Waals surface area contributed by atoms with Gasteiger partial charge in [0, 0.05) is 13.0 Å². The number of piperazine rings is 1. The number of carbonyl (C=O) groups excluding carboxylic acids is 1. The Kier molecular flexibility index (Phi) is 4.12. The molecule has 1 amide bonds. The van der Waals surface area contributed by atoms with Crippen LogP contribution in [0.2, 0.25) is 0 Å². The molecule has 4 heterocycles. The van der Waals surface area contributed by atoms with Crippen LogP contribution in [0.1, 0.15) is 43.0 Å². The monoisotopic (exact) mass is 398 g/mol. The second-order valence-electron chi connectivity index (χ2n) is 8.17. The normalized spacial score (nSPS) is 33.0. The van der Waals surface area contributed by atoms with Crippen molar-refractivity contribution in [3.05, 3.63) is 29.9 Å². The molecule has 1 aliphatic carbocycles. The summed E-state index contributed by atoms with van der Waals surface area (Å²) in [5.74, 6) is -0.164. The van der Waals surface area contributed by atoms with Crippen molar-refractivity contribution < 1.29 is 9.28 Å². The van der Waals surface area contributed by atoms with E-state index < -0.39 is 5.79 Å². The van der Waals surface area contributed by atoms with Crippen molar-refractivity contribution in [2.75, 3.05) is 25.1 Å². The Hall–Kier alpha value is -2.88. The first-order valence-corrected chi connectivity index (χ1v) is 10.4. The van der Waals surface area contributed by atoms with E-state index in [1.807, 2.05) is 6.20 Å². The SMILES string of the molecule is CC[N@@+]12C=NNC13NC=NC=C3N(n1cc(C(=O)NC)cn1)CC2C1CCCC1. The molecule has 5 rings (SSSR count). The summed E-state index contributed by atoms with van der Waals surface area (Å²) in [6, 6.07) is 0.338. The van der Waals surface area contributed by atoms with Gasteiger partial charge in [0.25, 0.3) is 5.91 Å². The Balaban J connectivity index is 1.61. The van der Waals surface area contributed by atoms with Gasteiger partial charge in [0.1, 0.15) is 6.04 Å². The second-order valence-corrected chi connectivity index (χ2v) is 8.17. The Bertz CT molecular complexity index is 899. The summed E-state index contributed by atoms with van der Waals surface area (Å²) in [6.45, 7) is 3.92. The van der Waals surface area contributed by atoms with E-state index in [2.05, 4.69) is 49.5 Å². The van der Waals surface area contributed by atoms with Crippen LogP contribution in [-0.2, 0) is 0 Å². The van der Waals surface area contributed by atoms with Gasteiger partial charge in [-0.15, -0.1) is 5.10 Å². The number of aliphatic imine (C=N–C) groups is 1. The van der Waals surface area contributed by atoms with E-state index in [0.717, 1.165) is 18.8 Å². The van der Waals surface area contributed by atoms with E-state index in [-0.39, 0.29) is 5.91 Å². The number of hydrazone groups is 1. The summed E-state index contributed by atoms with van der Waals surface area (Å²) in [5, 5.41) is 17.3. The van der Waals surface area contributed by atoms with Gasteiger partial charge in [-0.2, -0.15) is 9.89 Å². The van der Waals surface area contributed by atoms with Gasteiger partial charge in [0.15, 0.2) is 5.70 Å². The van der Waals surface area contributed by atoms with Gasteiger partial charge in [-0.05, 0) is 19.8 Å². The zero-order chi connectivity index (χ0) is 20.1. The summed E-state index contributed by atoms with van der Waals surface area (Å²) < 4.78 is 0.704. The number of quaternary nitrogens is 1. The molecule has 10 nitrogen and oxygen atoms in total. The van der Waals surface area contributed by atoms with E-state index in [9.17, 15) is 4.79 Å². The smallest absolute Gasteiger partial charge is 0.318 e. The summed E-state index contributed by atoms with van der Waals surface area (Å²) >= 11 is 0. The molecule has 3 N–H and O–H groups in total. The van der Waals surface area contributed by atoms with Gasteiger partial charge in [-0.3, -0.25) is 15.1 Å². The molecule has 10 heteroatoms. The lowest BCUT2D eigenvalue weighted by molar-refractivity contribution is -0.912. The highest BCUT2D eigenvalue weighted by molar-refractivity contribution is 5.93. The van der Waals surface area contributed by atoms with Crippen molar-refractivity contribution in [3.8, 4) is 0 Å². The van der Waals surface area contributed by atoms with Crippen LogP contribution >= 0.6 is 0 Å². The van der Waals surface area contributed by atoms with E-state index in [1.165, 1.54) is 25.7 Å². The van der Waals surface area contributed by atoms with Gasteiger partial charge in [-0.1, -0.05) is 12.8 Å². The average Bonchev–Trinajstić information content (AvgIpc) is 3.51. The van der Waals surface area contributed by atoms with Crippen molar-refractivity contribution in [1.29, 1.82) is 0 Å². The highest BCUT2D eigenvalue weighted by atomic mass is 16.1. The van der Waals surface area contributed by atoms with Gasteiger partial charge >= 0.3 is 5.79 Å². The van der Waals surface area contributed by atoms with Crippen LogP contribution < -0.4 is 21.1 Å². The molecule has 1 aromatic heterocycles. The number of aromatic nitrogens is 2. The predicted octanol–water partition coefficient (Wildman–Crippen LogP) is 0.263. The molecule has 1 saturated carbocycles. The fourth-order valence-electron chi connectivity index (χ4n) is 5.56. The van der Waals surface area contributed by atoms with Crippen molar-refractivity contribution in [1.82, 2.24) is 25.9 Å². The Labute approximate surface area is 169 Å². The molecule has 4 aliphatic rings. The summed E-state index contributed by atoms with van der Waals surface area (Å²) in [7, 11) is 1.63. The molecule has 29 heavy (non-hydrogen) atoms. The van der Waals surface area contributed by atoms with Crippen molar-refractivity contribution >= 4 is 18.6 Å². The fourth-order valence-corrected chi connectivity index (χ4v) is 5.56. The number of carbonyl (C=O) groups is 1. The predicted molar refractivity (Wildman–Crippen MR) is 109 cm³/mol. The Morgan fingerprint density at radius 3 is 3.00 bits per heavy atom. The van der Waals surface area contributed by atoms with Crippen LogP contribution in [0.4, 0.5) is 0 Å². The van der Waals surface area contributed by atoms with Crippen LogP contribution in [-0.4, -0.2) is 64.9 Å². The summed E-state index contributed by atoms with van der Waals surface area (Å²) in [6.07, 6.45) is 14.1. The van der Waals surface area contributed by atoms with Gasteiger partial charge < -0.3 is 5.32 Å². The third-order valence-electron chi connectivity index (χ3n) is 7.03. The van der Waals surface area contributed by atoms with Crippen LogP contribution in [0.25, 0.3) is 0 Å². The number of rotatable bonds is 4. The second kappa shape index (κ2) is 6.58. The molecule has 0 aromatic carbocycles. The first-order valence-electron chi connectivity index (χ1n) is 10.4. The molecular weight excluding hydrogens is 370 g/mol. The molecule has 2 fully saturated rings. The first kappa shape index (κ1) is 18.2. The molecule has 154 valence electrons. The standard InChI is InChI=1S/C19H27N9O/c1-3-28-13-23-25-19(28)17(9-21-12-22-19)26(11-16(28)14-6-4-5-7-14)27-10-15(8-24-27)18(29)20-2/h8-10,12-14,16,25H,3-7,11H2,1-2H3,(H-,20,21,22,29)/p+1/t16?,19?,28-/m0/s1. The maximum Gasteiger partial charge on any atom is 0.318 e. The maximum atomic E-state index is 12.1. The lowest BCUT2D eigenvalue weighted by Gasteiger charge is -2.57. The number of hydrogen-bond acceptors (Lipinski definition) is 7. The summed E-state index contributed by atoms with van der Waals surface area (Å²) in [4.78, 5) is 18.2. The molecular formula is C19H28N9O+. The molecule has 0 radical (unpaired) electrons. The Morgan fingerprint density at radius 2 is 2.24 bits per heavy atom. The van der Waals surface area contributed by atoms with Crippen molar-refractivity contribution in [2.45, 2.75) is 44.4 Å². The van der Waals surface area contributed by atoms with Crippen LogP contribution in [0.5, 0.6) is 0 Å². The van der Waals surface area contributed by atoms with Crippen molar-refractivity contribution in [2.24, 2.45) is 16.0 Å². The van der Waals surface area contributed by atoms with E-state index in [4.69, 9.17) is 0 Å².